The molecule has 1 aliphatic heterocycles. The van der Waals surface area contributed by atoms with Gasteiger partial charge in [-0.3, -0.25) is 0 Å². The molecule has 5 nitrogen and oxygen atoms in total. The third-order valence-corrected chi connectivity index (χ3v) is 5.86. The van der Waals surface area contributed by atoms with Crippen molar-refractivity contribution in [3.8, 4) is 0 Å². The Morgan fingerprint density at radius 3 is 2.43 bits per heavy atom. The van der Waals surface area contributed by atoms with E-state index in [0.717, 1.165) is 36.5 Å². The highest BCUT2D eigenvalue weighted by Crippen LogP contribution is 2.21. The van der Waals surface area contributed by atoms with E-state index in [0.29, 0.717) is 6.54 Å². The second kappa shape index (κ2) is 8.16. The summed E-state index contributed by atoms with van der Waals surface area (Å²) in [7, 11) is 0. The second-order valence-electron chi connectivity index (χ2n) is 7.77. The van der Waals surface area contributed by atoms with Crippen LogP contribution in [-0.4, -0.2) is 26.8 Å². The number of rotatable bonds is 5. The van der Waals surface area contributed by atoms with Gasteiger partial charge in [-0.25, -0.2) is 9.07 Å². The van der Waals surface area contributed by atoms with E-state index in [-0.39, 0.29) is 11.9 Å². The zero-order valence-corrected chi connectivity index (χ0v) is 16.6. The van der Waals surface area contributed by atoms with Crippen molar-refractivity contribution in [3.63, 3.8) is 0 Å². The van der Waals surface area contributed by atoms with Gasteiger partial charge >= 0.3 is 0 Å². The lowest BCUT2D eigenvalue weighted by Crippen LogP contribution is -3.12. The number of tetrazole rings is 1. The van der Waals surface area contributed by atoms with Gasteiger partial charge in [-0.15, -0.1) is 5.10 Å². The average Bonchev–Trinajstić information content (AvgIpc) is 3.23. The van der Waals surface area contributed by atoms with Crippen LogP contribution in [0.15, 0.2) is 78.9 Å². The van der Waals surface area contributed by atoms with Crippen LogP contribution in [0, 0.1) is 5.82 Å². The van der Waals surface area contributed by atoms with Gasteiger partial charge in [0.15, 0.2) is 6.04 Å². The summed E-state index contributed by atoms with van der Waals surface area (Å²) in [6.07, 6.45) is 1.00. The minimum Gasteiger partial charge on any atom is -0.318 e. The fraction of sp³-hybridized carbons (Fsp3) is 0.208. The summed E-state index contributed by atoms with van der Waals surface area (Å²) in [6.45, 7) is 2.46. The van der Waals surface area contributed by atoms with E-state index in [4.69, 9.17) is 0 Å². The fourth-order valence-corrected chi connectivity index (χ4v) is 4.36. The molecule has 0 saturated heterocycles. The molecule has 0 spiro atoms. The van der Waals surface area contributed by atoms with Crippen LogP contribution < -0.4 is 4.90 Å². The van der Waals surface area contributed by atoms with Gasteiger partial charge < -0.3 is 4.90 Å². The normalized spacial score (nSPS) is 16.8. The molecule has 0 aliphatic carbocycles. The summed E-state index contributed by atoms with van der Waals surface area (Å²) >= 11 is 0. The number of benzene rings is 3. The molecule has 150 valence electrons. The highest BCUT2D eigenvalue weighted by molar-refractivity contribution is 5.29. The van der Waals surface area contributed by atoms with Crippen molar-refractivity contribution >= 4 is 0 Å². The lowest BCUT2D eigenvalue weighted by molar-refractivity contribution is -0.941. The van der Waals surface area contributed by atoms with Gasteiger partial charge in [0.05, 0.1) is 13.1 Å². The lowest BCUT2D eigenvalue weighted by Gasteiger charge is -2.32. The van der Waals surface area contributed by atoms with Gasteiger partial charge in [-0.1, -0.05) is 54.6 Å². The first-order valence-electron chi connectivity index (χ1n) is 10.2. The van der Waals surface area contributed by atoms with Crippen LogP contribution in [0.4, 0.5) is 4.39 Å². The molecule has 0 fully saturated rings. The van der Waals surface area contributed by atoms with Gasteiger partial charge in [0, 0.05) is 17.5 Å². The Bertz CT molecular complexity index is 1120. The van der Waals surface area contributed by atoms with Crippen molar-refractivity contribution in [1.29, 1.82) is 0 Å². The summed E-state index contributed by atoms with van der Waals surface area (Å²) in [6, 6.07) is 25.5. The number of quaternary nitrogens is 1. The first kappa shape index (κ1) is 18.6. The number of nitrogens with zero attached hydrogens (tertiary/aromatic N) is 4. The molecular weight excluding hydrogens is 377 g/mol. The van der Waals surface area contributed by atoms with Crippen molar-refractivity contribution in [2.24, 2.45) is 0 Å². The van der Waals surface area contributed by atoms with Crippen LogP contribution in [0.3, 0.4) is 0 Å². The molecule has 4 aromatic rings. The molecule has 1 aromatic heterocycles. The van der Waals surface area contributed by atoms with Crippen molar-refractivity contribution < 1.29 is 9.29 Å². The Hall–Kier alpha value is -3.38. The molecule has 6 heteroatoms. The van der Waals surface area contributed by atoms with E-state index < -0.39 is 0 Å². The van der Waals surface area contributed by atoms with Gasteiger partial charge in [0.25, 0.3) is 0 Å². The van der Waals surface area contributed by atoms with E-state index >= 15 is 0 Å². The predicted octanol–water partition coefficient (Wildman–Crippen LogP) is 2.59. The summed E-state index contributed by atoms with van der Waals surface area (Å²) in [5, 5.41) is 12.7. The topological polar surface area (TPSA) is 48.0 Å². The van der Waals surface area contributed by atoms with Gasteiger partial charge in [-0.2, -0.15) is 0 Å². The van der Waals surface area contributed by atoms with E-state index in [1.165, 1.54) is 28.2 Å². The smallest absolute Gasteiger partial charge is 0.214 e. The molecule has 30 heavy (non-hydrogen) atoms. The van der Waals surface area contributed by atoms with Gasteiger partial charge in [0.1, 0.15) is 12.4 Å². The first-order chi connectivity index (χ1) is 14.8. The van der Waals surface area contributed by atoms with Crippen molar-refractivity contribution in [1.82, 2.24) is 20.2 Å². The monoisotopic (exact) mass is 400 g/mol. The van der Waals surface area contributed by atoms with Crippen LogP contribution >= 0.6 is 0 Å². The molecule has 1 aliphatic rings. The molecule has 0 bridgehead atoms. The second-order valence-corrected chi connectivity index (χ2v) is 7.77. The van der Waals surface area contributed by atoms with Crippen LogP contribution in [0.5, 0.6) is 0 Å². The maximum absolute atomic E-state index is 13.6. The Morgan fingerprint density at radius 2 is 1.63 bits per heavy atom. The number of fused-ring (bicyclic) bond motifs is 1. The molecule has 2 atom stereocenters. The molecule has 0 amide bonds. The molecule has 3 aromatic carbocycles. The van der Waals surface area contributed by atoms with Crippen molar-refractivity contribution in [2.45, 2.75) is 25.6 Å². The number of hydrogen-bond acceptors (Lipinski definition) is 3. The molecule has 2 heterocycles. The highest BCUT2D eigenvalue weighted by Gasteiger charge is 2.34. The van der Waals surface area contributed by atoms with E-state index in [1.807, 2.05) is 35.0 Å². The lowest BCUT2D eigenvalue weighted by atomic mass is 9.96. The summed E-state index contributed by atoms with van der Waals surface area (Å²) in [5.74, 6) is 0.570. The first-order valence-corrected chi connectivity index (χ1v) is 10.2. The Labute approximate surface area is 174 Å². The van der Waals surface area contributed by atoms with Crippen LogP contribution in [0.1, 0.15) is 34.1 Å². The highest BCUT2D eigenvalue weighted by atomic mass is 19.1. The maximum atomic E-state index is 13.6. The van der Waals surface area contributed by atoms with Gasteiger partial charge in [-0.05, 0) is 45.8 Å². The number of halogens is 1. The van der Waals surface area contributed by atoms with Crippen LogP contribution in [-0.2, 0) is 19.5 Å². The number of nitrogens with one attached hydrogen (secondary N) is 1. The fourth-order valence-electron chi connectivity index (χ4n) is 4.36. The van der Waals surface area contributed by atoms with Crippen LogP contribution in [0.2, 0.25) is 0 Å². The summed E-state index contributed by atoms with van der Waals surface area (Å²) in [4.78, 5) is 1.37. The summed E-state index contributed by atoms with van der Waals surface area (Å²) < 4.78 is 15.5. The summed E-state index contributed by atoms with van der Waals surface area (Å²) in [5.41, 5.74) is 4.92. The molecule has 1 unspecified atom stereocenters. The number of aromatic nitrogens is 4. The Balaban J connectivity index is 1.53. The molecular formula is C24H23FN5+. The standard InChI is InChI=1S/C24H22FN5/c25-22-12-10-20(11-13-22)23(29-15-14-19-8-4-5-9-21(19)17-29)24-26-27-28-30(24)16-18-6-2-1-3-7-18/h1-13,23H,14-17H2/p+1/t23-/m1/s1. The molecule has 1 N–H and O–H groups in total. The third kappa shape index (κ3) is 3.74. The zero-order chi connectivity index (χ0) is 20.3. The van der Waals surface area contributed by atoms with Crippen LogP contribution in [0.25, 0.3) is 0 Å². The Kier molecular flexibility index (Phi) is 5.07. The van der Waals surface area contributed by atoms with E-state index in [9.17, 15) is 4.39 Å². The van der Waals surface area contributed by atoms with E-state index in [1.54, 1.807) is 0 Å². The quantitative estimate of drug-likeness (QED) is 0.560. The predicted molar refractivity (Wildman–Crippen MR) is 111 cm³/mol. The molecule has 5 rings (SSSR count). The maximum Gasteiger partial charge on any atom is 0.214 e. The molecule has 0 radical (unpaired) electrons. The number of hydrogen-bond donors (Lipinski definition) is 1. The third-order valence-electron chi connectivity index (χ3n) is 5.86. The van der Waals surface area contributed by atoms with Gasteiger partial charge in [0.2, 0.25) is 5.82 Å². The minimum absolute atomic E-state index is 0.0716. The largest absolute Gasteiger partial charge is 0.318 e. The van der Waals surface area contributed by atoms with E-state index in [2.05, 4.69) is 51.9 Å². The average molecular weight is 400 g/mol. The Morgan fingerprint density at radius 1 is 0.900 bits per heavy atom. The van der Waals surface area contributed by atoms with Crippen molar-refractivity contribution in [2.75, 3.05) is 6.54 Å². The van der Waals surface area contributed by atoms with Crippen molar-refractivity contribution in [3.05, 3.63) is 113 Å². The minimum atomic E-state index is -0.236. The zero-order valence-electron chi connectivity index (χ0n) is 16.6. The SMILES string of the molecule is Fc1ccc([C@H](c2nnnn2Cc2ccccc2)[NH+]2CCc3ccccc3C2)cc1. The molecule has 0 saturated carbocycles.